The van der Waals surface area contributed by atoms with Crippen LogP contribution >= 0.6 is 11.6 Å². The summed E-state index contributed by atoms with van der Waals surface area (Å²) >= 11 is 6.01. The Balaban J connectivity index is 1.89. The first-order valence-electron chi connectivity index (χ1n) is 6.09. The number of carbonyl (C=O) groups is 1. The van der Waals surface area contributed by atoms with Crippen LogP contribution in [0.5, 0.6) is 0 Å². The molecule has 0 amide bonds. The molecule has 3 aromatic rings. The zero-order valence-corrected chi connectivity index (χ0v) is 11.2. The molecular formula is C16H10ClFO2. The fourth-order valence-electron chi connectivity index (χ4n) is 2.04. The Kier molecular flexibility index (Phi) is 3.28. The third kappa shape index (κ3) is 2.45. The zero-order chi connectivity index (χ0) is 14.1. The Bertz CT molecular complexity index is 775. The molecule has 2 nitrogen and oxygen atoms in total. The molecule has 3 rings (SSSR count). The third-order valence-electron chi connectivity index (χ3n) is 3.05. The van der Waals surface area contributed by atoms with E-state index in [9.17, 15) is 9.18 Å². The smallest absolute Gasteiger partial charge is 0.202 e. The molecule has 0 radical (unpaired) electrons. The van der Waals surface area contributed by atoms with Crippen LogP contribution in [0.2, 0.25) is 5.02 Å². The van der Waals surface area contributed by atoms with Crippen molar-refractivity contribution in [2.75, 3.05) is 0 Å². The lowest BCUT2D eigenvalue weighted by atomic mass is 10.1. The minimum absolute atomic E-state index is 0.163. The van der Waals surface area contributed by atoms with E-state index in [2.05, 4.69) is 0 Å². The summed E-state index contributed by atoms with van der Waals surface area (Å²) in [6.07, 6.45) is 0.164. The predicted octanol–water partition coefficient (Wildman–Crippen LogP) is 4.65. The first kappa shape index (κ1) is 12.9. The summed E-state index contributed by atoms with van der Waals surface area (Å²) in [7, 11) is 0. The van der Waals surface area contributed by atoms with Gasteiger partial charge in [0, 0.05) is 11.8 Å². The second-order valence-corrected chi connectivity index (χ2v) is 4.90. The van der Waals surface area contributed by atoms with Crippen LogP contribution in [0.4, 0.5) is 4.39 Å². The van der Waals surface area contributed by atoms with Crippen LogP contribution in [0.1, 0.15) is 16.1 Å². The summed E-state index contributed by atoms with van der Waals surface area (Å²) in [6.45, 7) is 0. The third-order valence-corrected chi connectivity index (χ3v) is 3.35. The number of para-hydroxylation sites is 1. The molecule has 0 aliphatic carbocycles. The van der Waals surface area contributed by atoms with Gasteiger partial charge in [0.25, 0.3) is 0 Å². The van der Waals surface area contributed by atoms with Gasteiger partial charge >= 0.3 is 0 Å². The normalized spacial score (nSPS) is 10.9. The standard InChI is InChI=1S/C16H10ClFO2/c17-13-3-1-2-11-9-15(20-16(11)13)14(19)8-10-4-6-12(18)7-5-10/h1-7,9H,8H2. The largest absolute Gasteiger partial charge is 0.451 e. The molecule has 100 valence electrons. The highest BCUT2D eigenvalue weighted by Crippen LogP contribution is 2.27. The van der Waals surface area contributed by atoms with Crippen molar-refractivity contribution in [2.24, 2.45) is 0 Å². The van der Waals surface area contributed by atoms with E-state index in [0.29, 0.717) is 10.6 Å². The molecule has 0 saturated carbocycles. The summed E-state index contributed by atoms with van der Waals surface area (Å²) < 4.78 is 18.3. The van der Waals surface area contributed by atoms with E-state index in [-0.39, 0.29) is 23.8 Å². The second-order valence-electron chi connectivity index (χ2n) is 4.50. The van der Waals surface area contributed by atoms with E-state index in [1.165, 1.54) is 12.1 Å². The number of benzene rings is 2. The number of ketones is 1. The minimum Gasteiger partial charge on any atom is -0.451 e. The lowest BCUT2D eigenvalue weighted by Gasteiger charge is -1.98. The SMILES string of the molecule is O=C(Cc1ccc(F)cc1)c1cc2cccc(Cl)c2o1. The molecule has 20 heavy (non-hydrogen) atoms. The van der Waals surface area contributed by atoms with Gasteiger partial charge in [-0.1, -0.05) is 35.9 Å². The molecule has 0 aliphatic rings. The Hall–Kier alpha value is -2.13. The summed E-state index contributed by atoms with van der Waals surface area (Å²) in [6, 6.07) is 12.9. The zero-order valence-electron chi connectivity index (χ0n) is 10.4. The number of fused-ring (bicyclic) bond motifs is 1. The van der Waals surface area contributed by atoms with E-state index in [1.54, 1.807) is 30.3 Å². The average molecular weight is 289 g/mol. The Morgan fingerprint density at radius 3 is 2.60 bits per heavy atom. The quantitative estimate of drug-likeness (QED) is 0.657. The van der Waals surface area contributed by atoms with E-state index in [0.717, 1.165) is 10.9 Å². The summed E-state index contributed by atoms with van der Waals surface area (Å²) in [4.78, 5) is 12.1. The van der Waals surface area contributed by atoms with Crippen molar-refractivity contribution in [1.82, 2.24) is 0 Å². The van der Waals surface area contributed by atoms with Gasteiger partial charge in [-0.3, -0.25) is 4.79 Å². The Labute approximate surface area is 119 Å². The number of hydrogen-bond acceptors (Lipinski definition) is 2. The Morgan fingerprint density at radius 1 is 1.15 bits per heavy atom. The number of halogens is 2. The highest BCUT2D eigenvalue weighted by molar-refractivity contribution is 6.34. The maximum Gasteiger partial charge on any atom is 0.202 e. The molecule has 0 bridgehead atoms. The highest BCUT2D eigenvalue weighted by atomic mass is 35.5. The molecular weight excluding hydrogens is 279 g/mol. The van der Waals surface area contributed by atoms with Gasteiger partial charge in [0.05, 0.1) is 5.02 Å². The average Bonchev–Trinajstić information content (AvgIpc) is 2.87. The van der Waals surface area contributed by atoms with Gasteiger partial charge in [-0.2, -0.15) is 0 Å². The van der Waals surface area contributed by atoms with Crippen LogP contribution in [0.15, 0.2) is 52.9 Å². The van der Waals surface area contributed by atoms with Gasteiger partial charge in [-0.15, -0.1) is 0 Å². The molecule has 2 aromatic carbocycles. The molecule has 1 heterocycles. The number of carbonyl (C=O) groups excluding carboxylic acids is 1. The fraction of sp³-hybridized carbons (Fsp3) is 0.0625. The maximum absolute atomic E-state index is 12.8. The summed E-state index contributed by atoms with van der Waals surface area (Å²) in [5, 5.41) is 1.27. The van der Waals surface area contributed by atoms with Crippen LogP contribution < -0.4 is 0 Å². The van der Waals surface area contributed by atoms with E-state index in [4.69, 9.17) is 16.0 Å². The number of Topliss-reactive ketones (excluding diaryl/α,β-unsaturated/α-hetero) is 1. The van der Waals surface area contributed by atoms with Gasteiger partial charge in [0.2, 0.25) is 5.78 Å². The molecule has 0 aliphatic heterocycles. The van der Waals surface area contributed by atoms with Crippen molar-refractivity contribution in [3.8, 4) is 0 Å². The highest BCUT2D eigenvalue weighted by Gasteiger charge is 2.14. The van der Waals surface area contributed by atoms with Crippen molar-refractivity contribution in [1.29, 1.82) is 0 Å². The van der Waals surface area contributed by atoms with Crippen molar-refractivity contribution >= 4 is 28.4 Å². The topological polar surface area (TPSA) is 30.2 Å². The van der Waals surface area contributed by atoms with Crippen molar-refractivity contribution in [3.63, 3.8) is 0 Å². The van der Waals surface area contributed by atoms with Gasteiger partial charge in [-0.05, 0) is 29.8 Å². The van der Waals surface area contributed by atoms with Gasteiger partial charge in [0.1, 0.15) is 5.82 Å². The van der Waals surface area contributed by atoms with E-state index in [1.807, 2.05) is 6.07 Å². The minimum atomic E-state index is -0.322. The second kappa shape index (κ2) is 5.10. The summed E-state index contributed by atoms with van der Waals surface area (Å²) in [5.41, 5.74) is 1.25. The number of furan rings is 1. The van der Waals surface area contributed by atoms with Crippen LogP contribution in [0, 0.1) is 5.82 Å². The number of hydrogen-bond donors (Lipinski definition) is 0. The molecule has 0 unspecified atom stereocenters. The van der Waals surface area contributed by atoms with Gasteiger partial charge in [-0.25, -0.2) is 4.39 Å². The molecule has 0 N–H and O–H groups in total. The van der Waals surface area contributed by atoms with Crippen LogP contribution in [0.25, 0.3) is 11.0 Å². The predicted molar refractivity (Wildman–Crippen MR) is 75.7 cm³/mol. The van der Waals surface area contributed by atoms with Crippen LogP contribution in [0.3, 0.4) is 0 Å². The van der Waals surface area contributed by atoms with E-state index < -0.39 is 0 Å². The van der Waals surface area contributed by atoms with Crippen LogP contribution in [-0.4, -0.2) is 5.78 Å². The molecule has 1 aromatic heterocycles. The lowest BCUT2D eigenvalue weighted by molar-refractivity contribution is 0.0968. The van der Waals surface area contributed by atoms with Crippen molar-refractivity contribution in [2.45, 2.75) is 6.42 Å². The van der Waals surface area contributed by atoms with Crippen molar-refractivity contribution < 1.29 is 13.6 Å². The first-order valence-corrected chi connectivity index (χ1v) is 6.47. The Morgan fingerprint density at radius 2 is 1.90 bits per heavy atom. The maximum atomic E-state index is 12.8. The molecule has 0 saturated heterocycles. The molecule has 4 heteroatoms. The fourth-order valence-corrected chi connectivity index (χ4v) is 2.26. The molecule has 0 fully saturated rings. The molecule has 0 spiro atoms. The molecule has 0 atom stereocenters. The van der Waals surface area contributed by atoms with Crippen molar-refractivity contribution in [3.05, 3.63) is 70.7 Å². The lowest BCUT2D eigenvalue weighted by Crippen LogP contribution is -2.01. The van der Waals surface area contributed by atoms with Gasteiger partial charge < -0.3 is 4.42 Å². The first-order chi connectivity index (χ1) is 9.63. The van der Waals surface area contributed by atoms with Crippen LogP contribution in [-0.2, 0) is 6.42 Å². The van der Waals surface area contributed by atoms with E-state index >= 15 is 0 Å². The summed E-state index contributed by atoms with van der Waals surface area (Å²) in [5.74, 6) is -0.224. The monoisotopic (exact) mass is 288 g/mol. The van der Waals surface area contributed by atoms with Gasteiger partial charge in [0.15, 0.2) is 11.3 Å². The number of rotatable bonds is 3.